The molecule has 1 atom stereocenters. The van der Waals surface area contributed by atoms with E-state index in [2.05, 4.69) is 15.5 Å². The standard InChI is InChI=1S/C24H24F3N3O5S/c25-24(26,27)13-7-8-14-15(9-13)36-22(17(14)21-28-19(30-35-21)12-5-6-12)29-20(31)16-10-1-3-11(4-2-10)18(16)34-23(32)33/h10-13H,1-9H2,(H,29,31)(H,32,33)/t10?,11?,13-/m1/s1. The molecule has 5 aliphatic carbocycles. The second-order valence-electron chi connectivity index (χ2n) is 10.1. The number of hydrogen-bond donors (Lipinski definition) is 2. The fourth-order valence-corrected chi connectivity index (χ4v) is 7.10. The lowest BCUT2D eigenvalue weighted by molar-refractivity contribution is -0.176. The maximum absolute atomic E-state index is 13.5. The summed E-state index contributed by atoms with van der Waals surface area (Å²) in [6.07, 6.45) is -0.855. The Morgan fingerprint density at radius 2 is 1.75 bits per heavy atom. The van der Waals surface area contributed by atoms with Crippen molar-refractivity contribution in [3.05, 3.63) is 27.6 Å². The molecule has 2 heterocycles. The third-order valence-electron chi connectivity index (χ3n) is 7.77. The van der Waals surface area contributed by atoms with E-state index in [1.54, 1.807) is 0 Å². The molecule has 0 aromatic carbocycles. The molecular weight excluding hydrogens is 499 g/mol. The Morgan fingerprint density at radius 3 is 2.42 bits per heavy atom. The van der Waals surface area contributed by atoms with Gasteiger partial charge in [0.15, 0.2) is 5.82 Å². The van der Waals surface area contributed by atoms with Crippen LogP contribution in [0.4, 0.5) is 23.0 Å². The van der Waals surface area contributed by atoms with Crippen LogP contribution < -0.4 is 5.32 Å². The first-order valence-electron chi connectivity index (χ1n) is 12.2. The molecule has 2 fully saturated rings. The highest BCUT2D eigenvalue weighted by atomic mass is 32.1. The molecule has 2 bridgehead atoms. The van der Waals surface area contributed by atoms with Gasteiger partial charge in [-0.1, -0.05) is 5.16 Å². The first-order chi connectivity index (χ1) is 17.2. The highest BCUT2D eigenvalue weighted by Gasteiger charge is 2.44. The first kappa shape index (κ1) is 23.5. The van der Waals surface area contributed by atoms with Crippen molar-refractivity contribution in [2.24, 2.45) is 17.8 Å². The molecule has 5 aliphatic rings. The minimum atomic E-state index is -4.30. The molecule has 2 N–H and O–H groups in total. The fourth-order valence-electron chi connectivity index (χ4n) is 5.79. The molecule has 36 heavy (non-hydrogen) atoms. The van der Waals surface area contributed by atoms with Gasteiger partial charge in [-0.2, -0.15) is 18.2 Å². The van der Waals surface area contributed by atoms with E-state index < -0.39 is 24.2 Å². The van der Waals surface area contributed by atoms with Crippen molar-refractivity contribution in [1.82, 2.24) is 10.1 Å². The Kier molecular flexibility index (Phi) is 5.62. The lowest BCUT2D eigenvalue weighted by atomic mass is 9.70. The Labute approximate surface area is 207 Å². The van der Waals surface area contributed by atoms with E-state index >= 15 is 0 Å². The van der Waals surface area contributed by atoms with Gasteiger partial charge in [0.2, 0.25) is 0 Å². The Morgan fingerprint density at radius 1 is 1.06 bits per heavy atom. The zero-order valence-corrected chi connectivity index (χ0v) is 20.0. The lowest BCUT2D eigenvalue weighted by Crippen LogP contribution is -2.34. The van der Waals surface area contributed by atoms with Gasteiger partial charge in [-0.05, 0) is 69.3 Å². The van der Waals surface area contributed by atoms with Crippen LogP contribution in [0.15, 0.2) is 15.9 Å². The van der Waals surface area contributed by atoms with Crippen molar-refractivity contribution in [2.45, 2.75) is 69.9 Å². The zero-order valence-electron chi connectivity index (χ0n) is 19.2. The van der Waals surface area contributed by atoms with Crippen LogP contribution in [0.2, 0.25) is 0 Å². The molecule has 7 rings (SSSR count). The summed E-state index contributed by atoms with van der Waals surface area (Å²) in [5.41, 5.74) is 1.49. The van der Waals surface area contributed by atoms with Crippen LogP contribution in [0.5, 0.6) is 0 Å². The summed E-state index contributed by atoms with van der Waals surface area (Å²) < 4.78 is 51.0. The molecule has 2 aromatic heterocycles. The molecule has 12 heteroatoms. The van der Waals surface area contributed by atoms with Crippen LogP contribution in [0.3, 0.4) is 0 Å². The summed E-state index contributed by atoms with van der Waals surface area (Å²) in [5, 5.41) is 16.5. The van der Waals surface area contributed by atoms with E-state index in [1.165, 1.54) is 0 Å². The van der Waals surface area contributed by atoms with Gasteiger partial charge in [0.25, 0.3) is 11.8 Å². The van der Waals surface area contributed by atoms with Crippen molar-refractivity contribution in [3.8, 4) is 11.5 Å². The van der Waals surface area contributed by atoms with Crippen molar-refractivity contribution in [2.75, 3.05) is 5.32 Å². The summed E-state index contributed by atoms with van der Waals surface area (Å²) in [5.74, 6) is -1.02. The predicted molar refractivity (Wildman–Crippen MR) is 121 cm³/mol. The number of aromatic nitrogens is 2. The van der Waals surface area contributed by atoms with Gasteiger partial charge in [0.05, 0.1) is 17.1 Å². The first-order valence-corrected chi connectivity index (χ1v) is 13.0. The van der Waals surface area contributed by atoms with Gasteiger partial charge in [-0.15, -0.1) is 11.3 Å². The smallest absolute Gasteiger partial charge is 0.449 e. The number of nitrogens with zero attached hydrogens (tertiary/aromatic N) is 2. The van der Waals surface area contributed by atoms with Gasteiger partial charge in [-0.3, -0.25) is 4.79 Å². The average Bonchev–Trinajstić information content (AvgIpc) is 3.46. The van der Waals surface area contributed by atoms with E-state index in [0.29, 0.717) is 32.4 Å². The minimum absolute atomic E-state index is 0.0528. The van der Waals surface area contributed by atoms with Crippen molar-refractivity contribution in [1.29, 1.82) is 0 Å². The number of nitrogens with one attached hydrogen (secondary N) is 1. The normalized spacial score (nSPS) is 25.6. The molecule has 0 aliphatic heterocycles. The molecular formula is C24H24F3N3O5S. The maximum Gasteiger partial charge on any atom is 0.511 e. The van der Waals surface area contributed by atoms with Crippen molar-refractivity contribution >= 4 is 28.4 Å². The Hall–Kier alpha value is -2.89. The highest BCUT2D eigenvalue weighted by Crippen LogP contribution is 2.50. The van der Waals surface area contributed by atoms with Gasteiger partial charge < -0.3 is 19.7 Å². The highest BCUT2D eigenvalue weighted by molar-refractivity contribution is 7.17. The second-order valence-corrected chi connectivity index (χ2v) is 11.2. The molecule has 0 spiro atoms. The summed E-state index contributed by atoms with van der Waals surface area (Å²) in [6.45, 7) is 0. The van der Waals surface area contributed by atoms with Gasteiger partial charge in [-0.25, -0.2) is 4.79 Å². The van der Waals surface area contributed by atoms with Crippen LogP contribution in [0, 0.1) is 17.8 Å². The topological polar surface area (TPSA) is 115 Å². The molecule has 8 nitrogen and oxygen atoms in total. The number of rotatable bonds is 5. The number of amides is 1. The largest absolute Gasteiger partial charge is 0.511 e. The summed E-state index contributed by atoms with van der Waals surface area (Å²) in [4.78, 5) is 29.9. The molecule has 2 saturated carbocycles. The van der Waals surface area contributed by atoms with Crippen LogP contribution in [-0.2, 0) is 22.4 Å². The third-order valence-corrected chi connectivity index (χ3v) is 8.94. The Balaban J connectivity index is 1.38. The number of fused-ring (bicyclic) bond motifs is 3. The Bertz CT molecular complexity index is 1250. The molecule has 2 aromatic rings. The molecule has 192 valence electrons. The number of ether oxygens (including phenoxy) is 1. The van der Waals surface area contributed by atoms with Gasteiger partial charge in [0.1, 0.15) is 10.8 Å². The number of thiophene rings is 1. The summed E-state index contributed by atoms with van der Waals surface area (Å²) in [7, 11) is 0. The number of carbonyl (C=O) groups excluding carboxylic acids is 1. The fraction of sp³-hybridized carbons (Fsp3) is 0.583. The van der Waals surface area contributed by atoms with E-state index in [0.717, 1.165) is 49.9 Å². The quantitative estimate of drug-likeness (QED) is 0.459. The molecule has 0 radical (unpaired) electrons. The van der Waals surface area contributed by atoms with E-state index in [1.807, 2.05) is 0 Å². The number of halogens is 3. The number of allylic oxidation sites excluding steroid dienone is 1. The van der Waals surface area contributed by atoms with Crippen LogP contribution >= 0.6 is 11.3 Å². The number of anilines is 1. The molecule has 0 saturated heterocycles. The molecule has 1 amide bonds. The van der Waals surface area contributed by atoms with Crippen molar-refractivity contribution in [3.63, 3.8) is 0 Å². The summed E-state index contributed by atoms with van der Waals surface area (Å²) in [6, 6.07) is 0. The number of alkyl halides is 3. The van der Waals surface area contributed by atoms with Crippen LogP contribution in [0.1, 0.15) is 67.1 Å². The summed E-state index contributed by atoms with van der Waals surface area (Å²) >= 11 is 1.10. The third kappa shape index (κ3) is 4.18. The maximum atomic E-state index is 13.5. The number of carbonyl (C=O) groups is 2. The lowest BCUT2D eigenvalue weighted by Gasteiger charge is -2.37. The van der Waals surface area contributed by atoms with E-state index in [4.69, 9.17) is 9.26 Å². The monoisotopic (exact) mass is 523 g/mol. The van der Waals surface area contributed by atoms with Gasteiger partial charge in [0, 0.05) is 16.7 Å². The zero-order chi connectivity index (χ0) is 25.2. The van der Waals surface area contributed by atoms with E-state index in [9.17, 15) is 27.9 Å². The van der Waals surface area contributed by atoms with Crippen molar-refractivity contribution < 1.29 is 37.1 Å². The van der Waals surface area contributed by atoms with Gasteiger partial charge >= 0.3 is 12.3 Å². The van der Waals surface area contributed by atoms with Crippen LogP contribution in [0.25, 0.3) is 11.5 Å². The second kappa shape index (κ2) is 8.60. The average molecular weight is 524 g/mol. The predicted octanol–water partition coefficient (Wildman–Crippen LogP) is 6.05. The van der Waals surface area contributed by atoms with E-state index in [-0.39, 0.29) is 48.7 Å². The number of carboxylic acid groups (broad SMARTS) is 1. The molecule has 0 unspecified atom stereocenters. The van der Waals surface area contributed by atoms with Crippen LogP contribution in [-0.4, -0.2) is 33.5 Å². The minimum Gasteiger partial charge on any atom is -0.449 e. The number of hydrogen-bond acceptors (Lipinski definition) is 7. The SMILES string of the molecule is O=C(O)OC1=C(C(=O)Nc2sc3c(c2-c2nc(C4CC4)no2)CC[C@@H](C(F)(F)F)C3)C2CCC1CC2.